The van der Waals surface area contributed by atoms with Gasteiger partial charge in [-0.3, -0.25) is 0 Å². The lowest BCUT2D eigenvalue weighted by molar-refractivity contribution is 0.376. The molecule has 0 aliphatic heterocycles. The minimum atomic E-state index is 0.474. The molecule has 2 fully saturated rings. The number of benzene rings is 1. The Kier molecular flexibility index (Phi) is 2.39. The minimum Gasteiger partial charge on any atom is -0.380 e. The average molecular weight is 275 g/mol. The summed E-state index contributed by atoms with van der Waals surface area (Å²) in [7, 11) is 0. The van der Waals surface area contributed by atoms with Crippen molar-refractivity contribution in [1.82, 2.24) is 5.16 Å². The van der Waals surface area contributed by atoms with Crippen LogP contribution in [0.2, 0.25) is 5.02 Å². The number of nitrogens with two attached hydrogens (primary N) is 1. The Bertz CT molecular complexity index is 627. The molecule has 0 spiro atoms. The van der Waals surface area contributed by atoms with Gasteiger partial charge in [0.25, 0.3) is 0 Å². The summed E-state index contributed by atoms with van der Waals surface area (Å²) in [5.41, 5.74) is 7.94. The molecule has 1 aromatic heterocycles. The quantitative estimate of drug-likeness (QED) is 0.897. The largest absolute Gasteiger partial charge is 0.380 e. The van der Waals surface area contributed by atoms with E-state index in [4.69, 9.17) is 21.9 Å². The molecule has 0 amide bonds. The zero-order valence-electron chi connectivity index (χ0n) is 10.5. The highest BCUT2D eigenvalue weighted by atomic mass is 35.5. The van der Waals surface area contributed by atoms with Gasteiger partial charge in [0.05, 0.1) is 5.56 Å². The molecule has 0 saturated heterocycles. The molecule has 0 bridgehead atoms. The molecular weight excluding hydrogens is 260 g/mol. The summed E-state index contributed by atoms with van der Waals surface area (Å²) in [5, 5.41) is 4.68. The van der Waals surface area contributed by atoms with Crippen LogP contribution in [-0.2, 0) is 0 Å². The molecule has 2 aliphatic carbocycles. The van der Waals surface area contributed by atoms with E-state index in [2.05, 4.69) is 5.16 Å². The zero-order chi connectivity index (χ0) is 13.0. The monoisotopic (exact) mass is 274 g/mol. The Balaban J connectivity index is 1.78. The number of hydrogen-bond acceptors (Lipinski definition) is 3. The molecule has 2 aliphatic rings. The highest BCUT2D eigenvalue weighted by Crippen LogP contribution is 2.64. The van der Waals surface area contributed by atoms with Gasteiger partial charge in [-0.2, -0.15) is 0 Å². The number of rotatable bonds is 2. The summed E-state index contributed by atoms with van der Waals surface area (Å²) < 4.78 is 5.53. The van der Waals surface area contributed by atoms with Gasteiger partial charge in [-0.05, 0) is 42.4 Å². The number of nitrogen functional groups attached to an aromatic ring is 1. The number of anilines is 1. The van der Waals surface area contributed by atoms with Gasteiger partial charge in [-0.1, -0.05) is 35.3 Å². The lowest BCUT2D eigenvalue weighted by Gasteiger charge is -2.04. The van der Waals surface area contributed by atoms with Crippen molar-refractivity contribution in [3.05, 3.63) is 35.0 Å². The lowest BCUT2D eigenvalue weighted by Crippen LogP contribution is -1.92. The van der Waals surface area contributed by atoms with Gasteiger partial charge >= 0.3 is 0 Å². The zero-order valence-corrected chi connectivity index (χ0v) is 11.2. The Morgan fingerprint density at radius 1 is 1.26 bits per heavy atom. The highest BCUT2D eigenvalue weighted by molar-refractivity contribution is 6.30. The van der Waals surface area contributed by atoms with E-state index >= 15 is 0 Å². The molecule has 98 valence electrons. The molecule has 4 rings (SSSR count). The third-order valence-electron chi connectivity index (χ3n) is 4.57. The Morgan fingerprint density at radius 2 is 2.05 bits per heavy atom. The Hall–Kier alpha value is -1.48. The predicted molar refractivity (Wildman–Crippen MR) is 74.9 cm³/mol. The third-order valence-corrected chi connectivity index (χ3v) is 4.80. The van der Waals surface area contributed by atoms with Crippen LogP contribution in [0, 0.1) is 11.8 Å². The van der Waals surface area contributed by atoms with Gasteiger partial charge < -0.3 is 10.3 Å². The van der Waals surface area contributed by atoms with Crippen LogP contribution in [-0.4, -0.2) is 5.16 Å². The molecule has 2 atom stereocenters. The summed E-state index contributed by atoms with van der Waals surface area (Å²) in [6.07, 6.45) is 3.97. The van der Waals surface area contributed by atoms with E-state index in [1.807, 2.05) is 24.3 Å². The fourth-order valence-electron chi connectivity index (χ4n) is 3.69. The average Bonchev–Trinajstić information content (AvgIpc) is 2.78. The third kappa shape index (κ3) is 1.68. The van der Waals surface area contributed by atoms with Crippen LogP contribution in [0.3, 0.4) is 0 Å². The van der Waals surface area contributed by atoms with Crippen molar-refractivity contribution >= 4 is 17.4 Å². The van der Waals surface area contributed by atoms with Gasteiger partial charge in [0.15, 0.2) is 5.82 Å². The molecule has 1 heterocycles. The van der Waals surface area contributed by atoms with Crippen LogP contribution >= 0.6 is 11.6 Å². The maximum absolute atomic E-state index is 6.07. The summed E-state index contributed by atoms with van der Waals surface area (Å²) in [6, 6.07) is 7.73. The minimum absolute atomic E-state index is 0.474. The van der Waals surface area contributed by atoms with Gasteiger partial charge in [-0.25, -0.2) is 0 Å². The highest BCUT2D eigenvalue weighted by Gasteiger charge is 2.56. The fourth-order valence-corrected chi connectivity index (χ4v) is 3.88. The molecule has 4 heteroatoms. The maximum atomic E-state index is 6.07. The summed E-state index contributed by atoms with van der Waals surface area (Å²) in [5.74, 6) is 3.53. The van der Waals surface area contributed by atoms with E-state index in [0.29, 0.717) is 16.8 Å². The normalized spacial score (nSPS) is 28.4. The van der Waals surface area contributed by atoms with Crippen molar-refractivity contribution in [2.75, 3.05) is 5.73 Å². The van der Waals surface area contributed by atoms with Gasteiger partial charge in [0.2, 0.25) is 0 Å². The van der Waals surface area contributed by atoms with Gasteiger partial charge in [-0.15, -0.1) is 0 Å². The second-order valence-corrected chi connectivity index (χ2v) is 6.04. The number of hydrogen-bond donors (Lipinski definition) is 1. The second-order valence-electron chi connectivity index (χ2n) is 5.60. The maximum Gasteiger partial charge on any atom is 0.175 e. The lowest BCUT2D eigenvalue weighted by atomic mass is 10.0. The van der Waals surface area contributed by atoms with E-state index in [1.165, 1.54) is 19.3 Å². The first-order valence-corrected chi connectivity index (χ1v) is 7.14. The first kappa shape index (κ1) is 11.4. The van der Waals surface area contributed by atoms with Crippen LogP contribution in [0.4, 0.5) is 5.82 Å². The smallest absolute Gasteiger partial charge is 0.175 e. The van der Waals surface area contributed by atoms with Crippen molar-refractivity contribution in [2.45, 2.75) is 25.2 Å². The fraction of sp³-hybridized carbons (Fsp3) is 0.400. The Morgan fingerprint density at radius 3 is 2.79 bits per heavy atom. The van der Waals surface area contributed by atoms with Crippen LogP contribution < -0.4 is 5.73 Å². The second kappa shape index (κ2) is 4.01. The Labute approximate surface area is 116 Å². The van der Waals surface area contributed by atoms with Crippen molar-refractivity contribution < 1.29 is 4.52 Å². The van der Waals surface area contributed by atoms with Crippen LogP contribution in [0.1, 0.15) is 30.9 Å². The number of fused-ring (bicyclic) bond motifs is 1. The van der Waals surface area contributed by atoms with Crippen molar-refractivity contribution in [3.63, 3.8) is 0 Å². The van der Waals surface area contributed by atoms with E-state index < -0.39 is 0 Å². The molecule has 3 nitrogen and oxygen atoms in total. The molecule has 0 radical (unpaired) electrons. The van der Waals surface area contributed by atoms with E-state index in [1.54, 1.807) is 0 Å². The summed E-state index contributed by atoms with van der Waals surface area (Å²) in [6.45, 7) is 0. The molecule has 2 unspecified atom stereocenters. The first-order valence-electron chi connectivity index (χ1n) is 6.76. The summed E-state index contributed by atoms with van der Waals surface area (Å²) >= 11 is 6.07. The molecule has 19 heavy (non-hydrogen) atoms. The first-order chi connectivity index (χ1) is 9.25. The molecule has 1 aromatic carbocycles. The van der Waals surface area contributed by atoms with Gasteiger partial charge in [0.1, 0.15) is 5.76 Å². The number of aromatic nitrogens is 1. The van der Waals surface area contributed by atoms with E-state index in [-0.39, 0.29) is 0 Å². The molecule has 2 saturated carbocycles. The van der Waals surface area contributed by atoms with Crippen LogP contribution in [0.15, 0.2) is 28.8 Å². The molecular formula is C15H15ClN2O. The SMILES string of the molecule is Nc1noc(C2C3CCCC32)c1-c1cccc(Cl)c1. The van der Waals surface area contributed by atoms with Crippen molar-refractivity contribution in [1.29, 1.82) is 0 Å². The van der Waals surface area contributed by atoms with Crippen molar-refractivity contribution in [2.24, 2.45) is 11.8 Å². The summed E-state index contributed by atoms with van der Waals surface area (Å²) in [4.78, 5) is 0. The standard InChI is InChI=1S/C15H15ClN2O/c16-9-4-1-3-8(7-9)12-14(19-18-15(12)17)13-10-5-2-6-11(10)13/h1,3-4,7,10-11,13H,2,5-6H2,(H2,17,18). The van der Waals surface area contributed by atoms with E-state index in [9.17, 15) is 0 Å². The predicted octanol–water partition coefficient (Wildman–Crippen LogP) is 4.09. The van der Waals surface area contributed by atoms with Gasteiger partial charge in [0, 0.05) is 10.9 Å². The van der Waals surface area contributed by atoms with E-state index in [0.717, 1.165) is 28.7 Å². The topological polar surface area (TPSA) is 52.0 Å². The molecule has 2 N–H and O–H groups in total. The van der Waals surface area contributed by atoms with Crippen LogP contribution in [0.25, 0.3) is 11.1 Å². The van der Waals surface area contributed by atoms with Crippen LogP contribution in [0.5, 0.6) is 0 Å². The number of halogens is 1. The number of nitrogens with zero attached hydrogens (tertiary/aromatic N) is 1. The molecule has 2 aromatic rings. The van der Waals surface area contributed by atoms with Crippen molar-refractivity contribution in [3.8, 4) is 11.1 Å².